The second-order valence-electron chi connectivity index (χ2n) is 6.00. The van der Waals surface area contributed by atoms with Crippen LogP contribution >= 0.6 is 11.8 Å². The van der Waals surface area contributed by atoms with E-state index in [1.165, 1.54) is 31.0 Å². The molecule has 0 unspecified atom stereocenters. The first-order valence-corrected chi connectivity index (χ1v) is 9.23. The lowest BCUT2D eigenvalue weighted by Crippen LogP contribution is -2.12. The molecule has 2 heterocycles. The lowest BCUT2D eigenvalue weighted by atomic mass is 10.1. The molecular weight excluding hydrogens is 369 g/mol. The molecule has 0 aliphatic carbocycles. The maximum atomic E-state index is 13.7. The number of phenolic OH excluding ortho intramolecular Hbond substituents is 1. The number of hydrogen-bond acceptors (Lipinski definition) is 5. The Morgan fingerprint density at radius 1 is 1.33 bits per heavy atom. The monoisotopic (exact) mass is 385 g/mol. The van der Waals surface area contributed by atoms with Gasteiger partial charge in [0.05, 0.1) is 23.8 Å². The summed E-state index contributed by atoms with van der Waals surface area (Å²) in [7, 11) is 1.48. The van der Waals surface area contributed by atoms with Crippen molar-refractivity contribution in [2.24, 2.45) is 0 Å². The second-order valence-corrected chi connectivity index (χ2v) is 7.09. The van der Waals surface area contributed by atoms with Crippen LogP contribution in [0, 0.1) is 5.82 Å². The van der Waals surface area contributed by atoms with Crippen LogP contribution in [0.5, 0.6) is 11.5 Å². The van der Waals surface area contributed by atoms with Crippen LogP contribution in [0.3, 0.4) is 0 Å². The minimum absolute atomic E-state index is 0.0351. The Labute approximate surface area is 159 Å². The molecule has 0 radical (unpaired) electrons. The predicted molar refractivity (Wildman–Crippen MR) is 101 cm³/mol. The summed E-state index contributed by atoms with van der Waals surface area (Å²) in [6.07, 6.45) is 1.57. The van der Waals surface area contributed by atoms with Gasteiger partial charge < -0.3 is 15.2 Å². The number of halogens is 1. The van der Waals surface area contributed by atoms with Crippen LogP contribution < -0.4 is 10.1 Å². The highest BCUT2D eigenvalue weighted by Gasteiger charge is 2.29. The van der Waals surface area contributed by atoms with Crippen molar-refractivity contribution in [3.05, 3.63) is 65.9 Å². The van der Waals surface area contributed by atoms with Gasteiger partial charge in [-0.15, -0.1) is 11.8 Å². The van der Waals surface area contributed by atoms with Crippen molar-refractivity contribution in [1.82, 2.24) is 9.55 Å². The number of ether oxygens (including phenoxy) is 1. The van der Waals surface area contributed by atoms with Gasteiger partial charge in [0.15, 0.2) is 17.3 Å². The quantitative estimate of drug-likeness (QED) is 0.722. The summed E-state index contributed by atoms with van der Waals surface area (Å²) in [5.41, 5.74) is 2.17. The maximum absolute atomic E-state index is 13.7. The lowest BCUT2D eigenvalue weighted by molar-refractivity contribution is -0.113. The van der Waals surface area contributed by atoms with Gasteiger partial charge in [-0.2, -0.15) is 0 Å². The Balaban J connectivity index is 1.88. The summed E-state index contributed by atoms with van der Waals surface area (Å²) in [6.45, 7) is 0. The summed E-state index contributed by atoms with van der Waals surface area (Å²) < 4.78 is 20.7. The average Bonchev–Trinajstić information content (AvgIpc) is 2.98. The number of nitrogens with one attached hydrogen (secondary N) is 1. The number of aromatic hydroxyl groups is 1. The molecule has 1 aliphatic rings. The predicted octanol–water partition coefficient (Wildman–Crippen LogP) is 3.50. The molecule has 1 aromatic heterocycles. The van der Waals surface area contributed by atoms with Gasteiger partial charge in [0.1, 0.15) is 12.1 Å². The zero-order valence-electron chi connectivity index (χ0n) is 14.3. The number of nitrogens with zero attached hydrogens (tertiary/aromatic N) is 2. The zero-order valence-corrected chi connectivity index (χ0v) is 15.2. The number of hydrogen-bond donors (Lipinski definition) is 2. The summed E-state index contributed by atoms with van der Waals surface area (Å²) in [6, 6.07) is 11.2. The van der Waals surface area contributed by atoms with E-state index in [0.29, 0.717) is 17.3 Å². The standard InChI is InChI=1S/C19H16FN3O3S/c1-26-15-7-11(5-6-14(15)24)18-17-19(22-16(25)9-27-18)21-10-23(17)13-4-2-3-12(20)8-13/h2-8,10,18,24H,9H2,1H3,(H,22,25)/t18-/m0/s1. The molecule has 0 fully saturated rings. The number of imidazole rings is 1. The van der Waals surface area contributed by atoms with Crippen molar-refractivity contribution in [2.45, 2.75) is 5.25 Å². The highest BCUT2D eigenvalue weighted by molar-refractivity contribution is 8.00. The third kappa shape index (κ3) is 3.23. The van der Waals surface area contributed by atoms with Gasteiger partial charge in [-0.3, -0.25) is 9.36 Å². The van der Waals surface area contributed by atoms with E-state index < -0.39 is 0 Å². The van der Waals surface area contributed by atoms with Crippen molar-refractivity contribution in [1.29, 1.82) is 0 Å². The number of rotatable bonds is 3. The Morgan fingerprint density at radius 3 is 2.96 bits per heavy atom. The van der Waals surface area contributed by atoms with Crippen molar-refractivity contribution in [3.63, 3.8) is 0 Å². The first-order chi connectivity index (χ1) is 13.1. The van der Waals surface area contributed by atoms with Crippen molar-refractivity contribution in [3.8, 4) is 17.2 Å². The summed E-state index contributed by atoms with van der Waals surface area (Å²) >= 11 is 1.43. The number of carbonyl (C=O) groups excluding carboxylic acids is 1. The number of amides is 1. The number of carbonyl (C=O) groups is 1. The molecule has 0 saturated heterocycles. The molecule has 2 N–H and O–H groups in total. The number of anilines is 1. The number of aromatic nitrogens is 2. The zero-order chi connectivity index (χ0) is 19.0. The van der Waals surface area contributed by atoms with E-state index in [0.717, 1.165) is 11.3 Å². The first kappa shape index (κ1) is 17.4. The SMILES string of the molecule is COc1cc([C@@H]2SCC(=O)Nc3ncn(-c4cccc(F)c4)c32)ccc1O. The fraction of sp³-hybridized carbons (Fsp3) is 0.158. The molecule has 8 heteroatoms. The van der Waals surface area contributed by atoms with E-state index in [4.69, 9.17) is 4.74 Å². The third-order valence-electron chi connectivity index (χ3n) is 4.28. The summed E-state index contributed by atoms with van der Waals surface area (Å²) in [4.78, 5) is 16.4. The first-order valence-electron chi connectivity index (χ1n) is 8.18. The van der Waals surface area contributed by atoms with E-state index in [1.807, 2.05) is 0 Å². The van der Waals surface area contributed by atoms with Crippen LogP contribution in [-0.4, -0.2) is 33.4 Å². The number of thioether (sulfide) groups is 1. The van der Waals surface area contributed by atoms with Gasteiger partial charge in [-0.1, -0.05) is 12.1 Å². The van der Waals surface area contributed by atoms with Gasteiger partial charge >= 0.3 is 0 Å². The molecule has 1 amide bonds. The second kappa shape index (κ2) is 6.96. The normalized spacial score (nSPS) is 16.4. The van der Waals surface area contributed by atoms with Crippen LogP contribution in [0.15, 0.2) is 48.8 Å². The van der Waals surface area contributed by atoms with E-state index in [1.54, 1.807) is 41.2 Å². The smallest absolute Gasteiger partial charge is 0.235 e. The maximum Gasteiger partial charge on any atom is 0.235 e. The number of methoxy groups -OCH3 is 1. The van der Waals surface area contributed by atoms with E-state index in [9.17, 15) is 14.3 Å². The van der Waals surface area contributed by atoms with Crippen LogP contribution in [0.1, 0.15) is 16.5 Å². The molecule has 0 bridgehead atoms. The Hall–Kier alpha value is -3.00. The number of phenols is 1. The molecule has 6 nitrogen and oxygen atoms in total. The van der Waals surface area contributed by atoms with Crippen molar-refractivity contribution in [2.75, 3.05) is 18.2 Å². The Kier molecular flexibility index (Phi) is 4.49. The molecule has 4 rings (SSSR count). The molecule has 138 valence electrons. The largest absolute Gasteiger partial charge is 0.504 e. The fourth-order valence-corrected chi connectivity index (χ4v) is 4.17. The van der Waals surface area contributed by atoms with E-state index in [-0.39, 0.29) is 28.5 Å². The van der Waals surface area contributed by atoms with Crippen LogP contribution in [0.2, 0.25) is 0 Å². The van der Waals surface area contributed by atoms with Crippen molar-refractivity contribution >= 4 is 23.5 Å². The molecule has 2 aromatic carbocycles. The number of benzene rings is 2. The van der Waals surface area contributed by atoms with Crippen LogP contribution in [-0.2, 0) is 4.79 Å². The van der Waals surface area contributed by atoms with Gasteiger partial charge in [0.2, 0.25) is 5.91 Å². The molecule has 0 saturated carbocycles. The molecular formula is C19H16FN3O3S. The molecule has 1 atom stereocenters. The highest BCUT2D eigenvalue weighted by Crippen LogP contribution is 2.43. The van der Waals surface area contributed by atoms with Gasteiger partial charge in [0.25, 0.3) is 0 Å². The van der Waals surface area contributed by atoms with Crippen LogP contribution in [0.25, 0.3) is 5.69 Å². The average molecular weight is 385 g/mol. The summed E-state index contributed by atoms with van der Waals surface area (Å²) in [5.74, 6) is 0.546. The van der Waals surface area contributed by atoms with Gasteiger partial charge in [-0.05, 0) is 35.9 Å². The Bertz CT molecular complexity index is 1020. The minimum Gasteiger partial charge on any atom is -0.504 e. The molecule has 3 aromatic rings. The number of fused-ring (bicyclic) bond motifs is 1. The van der Waals surface area contributed by atoms with Gasteiger partial charge in [-0.25, -0.2) is 9.37 Å². The Morgan fingerprint density at radius 2 is 2.19 bits per heavy atom. The molecule has 27 heavy (non-hydrogen) atoms. The fourth-order valence-electron chi connectivity index (χ4n) is 3.05. The highest BCUT2D eigenvalue weighted by atomic mass is 32.2. The minimum atomic E-state index is -0.358. The van der Waals surface area contributed by atoms with Gasteiger partial charge in [0, 0.05) is 5.69 Å². The lowest BCUT2D eigenvalue weighted by Gasteiger charge is -2.19. The van der Waals surface area contributed by atoms with E-state index >= 15 is 0 Å². The third-order valence-corrected chi connectivity index (χ3v) is 5.54. The molecule has 1 aliphatic heterocycles. The van der Waals surface area contributed by atoms with Crippen LogP contribution in [0.4, 0.5) is 10.2 Å². The van der Waals surface area contributed by atoms with E-state index in [2.05, 4.69) is 10.3 Å². The summed E-state index contributed by atoms with van der Waals surface area (Å²) in [5, 5.41) is 12.4. The van der Waals surface area contributed by atoms with Crippen molar-refractivity contribution < 1.29 is 19.0 Å². The molecule has 0 spiro atoms. The topological polar surface area (TPSA) is 76.4 Å².